The number of rotatable bonds is 7. The van der Waals surface area contributed by atoms with Crippen molar-refractivity contribution in [2.24, 2.45) is 0 Å². The third-order valence-corrected chi connectivity index (χ3v) is 3.19. The minimum absolute atomic E-state index is 0.477. The van der Waals surface area contributed by atoms with Crippen molar-refractivity contribution in [2.75, 3.05) is 7.05 Å². The van der Waals surface area contributed by atoms with Crippen LogP contribution in [-0.2, 0) is 19.6 Å². The fourth-order valence-electron chi connectivity index (χ4n) is 2.16. The largest absolute Gasteiger partial charge is 0.309 e. The van der Waals surface area contributed by atoms with E-state index in [4.69, 9.17) is 4.98 Å². The van der Waals surface area contributed by atoms with Crippen molar-refractivity contribution >= 4 is 0 Å². The Kier molecular flexibility index (Phi) is 5.84. The van der Waals surface area contributed by atoms with Crippen molar-refractivity contribution < 1.29 is 0 Å². The minimum atomic E-state index is 0.477. The SMILES string of the molecule is CC(C)NCc1cccc(CN(C)Cc2ccncc2)n1. The van der Waals surface area contributed by atoms with E-state index >= 15 is 0 Å². The van der Waals surface area contributed by atoms with Crippen LogP contribution in [0.3, 0.4) is 0 Å². The van der Waals surface area contributed by atoms with E-state index in [-0.39, 0.29) is 0 Å². The Balaban J connectivity index is 1.91. The van der Waals surface area contributed by atoms with Gasteiger partial charge in [0.05, 0.1) is 11.4 Å². The van der Waals surface area contributed by atoms with Gasteiger partial charge in [0.1, 0.15) is 0 Å². The molecule has 0 bridgehead atoms. The lowest BCUT2D eigenvalue weighted by atomic mass is 10.2. The third-order valence-electron chi connectivity index (χ3n) is 3.19. The summed E-state index contributed by atoms with van der Waals surface area (Å²) in [4.78, 5) is 11.0. The molecule has 4 nitrogen and oxygen atoms in total. The fraction of sp³-hybridized carbons (Fsp3) is 0.412. The summed E-state index contributed by atoms with van der Waals surface area (Å²) in [7, 11) is 2.11. The zero-order valence-electron chi connectivity index (χ0n) is 13.1. The topological polar surface area (TPSA) is 41.0 Å². The van der Waals surface area contributed by atoms with Crippen LogP contribution in [-0.4, -0.2) is 28.0 Å². The Labute approximate surface area is 127 Å². The third kappa shape index (κ3) is 5.61. The Hall–Kier alpha value is -1.78. The molecular formula is C17H24N4. The molecule has 4 heteroatoms. The molecule has 2 heterocycles. The normalized spacial score (nSPS) is 11.3. The number of hydrogen-bond acceptors (Lipinski definition) is 4. The molecule has 0 aliphatic heterocycles. The zero-order valence-corrected chi connectivity index (χ0v) is 13.1. The van der Waals surface area contributed by atoms with Crippen LogP contribution in [0.2, 0.25) is 0 Å². The zero-order chi connectivity index (χ0) is 15.1. The quantitative estimate of drug-likeness (QED) is 0.848. The van der Waals surface area contributed by atoms with E-state index in [1.165, 1.54) is 5.56 Å². The molecule has 21 heavy (non-hydrogen) atoms. The number of hydrogen-bond donors (Lipinski definition) is 1. The fourth-order valence-corrected chi connectivity index (χ4v) is 2.16. The Bertz CT molecular complexity index is 539. The summed E-state index contributed by atoms with van der Waals surface area (Å²) in [6.45, 7) is 6.86. The van der Waals surface area contributed by atoms with Gasteiger partial charge in [-0.25, -0.2) is 0 Å². The molecule has 1 N–H and O–H groups in total. The summed E-state index contributed by atoms with van der Waals surface area (Å²) in [5.41, 5.74) is 3.47. The van der Waals surface area contributed by atoms with Crippen molar-refractivity contribution in [1.29, 1.82) is 0 Å². The van der Waals surface area contributed by atoms with Gasteiger partial charge in [0.2, 0.25) is 0 Å². The molecule has 0 saturated heterocycles. The van der Waals surface area contributed by atoms with Gasteiger partial charge in [-0.1, -0.05) is 19.9 Å². The van der Waals surface area contributed by atoms with Crippen molar-refractivity contribution in [3.8, 4) is 0 Å². The first-order valence-electron chi connectivity index (χ1n) is 7.39. The van der Waals surface area contributed by atoms with Gasteiger partial charge < -0.3 is 5.32 Å². The second-order valence-electron chi connectivity index (χ2n) is 5.68. The van der Waals surface area contributed by atoms with Gasteiger partial charge >= 0.3 is 0 Å². The second kappa shape index (κ2) is 7.86. The first-order valence-corrected chi connectivity index (χ1v) is 7.39. The summed E-state index contributed by atoms with van der Waals surface area (Å²) in [5.74, 6) is 0. The van der Waals surface area contributed by atoms with Crippen LogP contribution in [0, 0.1) is 0 Å². The van der Waals surface area contributed by atoms with Crippen molar-refractivity contribution in [3.63, 3.8) is 0 Å². The molecule has 0 radical (unpaired) electrons. The van der Waals surface area contributed by atoms with Crippen molar-refractivity contribution in [1.82, 2.24) is 20.2 Å². The second-order valence-corrected chi connectivity index (χ2v) is 5.68. The maximum Gasteiger partial charge on any atom is 0.0547 e. The molecule has 0 spiro atoms. The predicted octanol–water partition coefficient (Wildman–Crippen LogP) is 2.61. The van der Waals surface area contributed by atoms with Gasteiger partial charge in [-0.2, -0.15) is 0 Å². The predicted molar refractivity (Wildman–Crippen MR) is 85.6 cm³/mol. The van der Waals surface area contributed by atoms with E-state index in [1.807, 2.05) is 24.5 Å². The van der Waals surface area contributed by atoms with Gasteiger partial charge in [0.25, 0.3) is 0 Å². The highest BCUT2D eigenvalue weighted by Crippen LogP contribution is 2.07. The summed E-state index contributed by atoms with van der Waals surface area (Å²) >= 11 is 0. The maximum atomic E-state index is 4.71. The molecule has 2 aromatic rings. The minimum Gasteiger partial charge on any atom is -0.309 e. The average Bonchev–Trinajstić information content (AvgIpc) is 2.46. The number of nitrogens with one attached hydrogen (secondary N) is 1. The Morgan fingerprint density at radius 2 is 1.76 bits per heavy atom. The first kappa shape index (κ1) is 15.6. The molecule has 0 aliphatic carbocycles. The van der Waals surface area contributed by atoms with Crippen LogP contribution in [0.1, 0.15) is 30.8 Å². The molecular weight excluding hydrogens is 260 g/mol. The van der Waals surface area contributed by atoms with E-state index in [2.05, 4.69) is 54.3 Å². The maximum absolute atomic E-state index is 4.71. The summed E-state index contributed by atoms with van der Waals surface area (Å²) < 4.78 is 0. The molecule has 2 rings (SSSR count). The first-order chi connectivity index (χ1) is 10.1. The lowest BCUT2D eigenvalue weighted by Crippen LogP contribution is -2.23. The highest BCUT2D eigenvalue weighted by atomic mass is 15.1. The van der Waals surface area contributed by atoms with E-state index in [9.17, 15) is 0 Å². The van der Waals surface area contributed by atoms with Gasteiger partial charge in [-0.15, -0.1) is 0 Å². The van der Waals surface area contributed by atoms with Crippen molar-refractivity contribution in [3.05, 3.63) is 59.7 Å². The van der Waals surface area contributed by atoms with Crippen LogP contribution in [0.25, 0.3) is 0 Å². The Morgan fingerprint density at radius 3 is 2.48 bits per heavy atom. The molecule has 0 fully saturated rings. The van der Waals surface area contributed by atoms with Gasteiger partial charge in [0.15, 0.2) is 0 Å². The molecule has 112 valence electrons. The van der Waals surface area contributed by atoms with Crippen LogP contribution < -0.4 is 5.32 Å². The number of aromatic nitrogens is 2. The van der Waals surface area contributed by atoms with Crippen LogP contribution in [0.5, 0.6) is 0 Å². The number of nitrogens with zero attached hydrogens (tertiary/aromatic N) is 3. The highest BCUT2D eigenvalue weighted by molar-refractivity contribution is 5.12. The molecule has 0 aliphatic rings. The summed E-state index contributed by atoms with van der Waals surface area (Å²) in [5, 5.41) is 3.40. The lowest BCUT2D eigenvalue weighted by molar-refractivity contribution is 0.314. The molecule has 0 unspecified atom stereocenters. The smallest absolute Gasteiger partial charge is 0.0547 e. The van der Waals surface area contributed by atoms with E-state index in [1.54, 1.807) is 0 Å². The molecule has 0 aromatic carbocycles. The average molecular weight is 284 g/mol. The highest BCUT2D eigenvalue weighted by Gasteiger charge is 2.04. The Morgan fingerprint density at radius 1 is 1.05 bits per heavy atom. The molecule has 2 aromatic heterocycles. The molecule has 0 atom stereocenters. The van der Waals surface area contributed by atoms with Crippen LogP contribution >= 0.6 is 0 Å². The summed E-state index contributed by atoms with van der Waals surface area (Å²) in [6.07, 6.45) is 3.67. The monoisotopic (exact) mass is 284 g/mol. The summed E-state index contributed by atoms with van der Waals surface area (Å²) in [6, 6.07) is 10.8. The number of pyridine rings is 2. The standard InChI is InChI=1S/C17H24N4/c1-14(2)19-11-16-5-4-6-17(20-16)13-21(3)12-15-7-9-18-10-8-15/h4-10,14,19H,11-13H2,1-3H3. The van der Waals surface area contributed by atoms with Gasteiger partial charge in [-0.05, 0) is 36.9 Å². The van der Waals surface area contributed by atoms with E-state index < -0.39 is 0 Å². The van der Waals surface area contributed by atoms with Crippen molar-refractivity contribution in [2.45, 2.75) is 39.5 Å². The molecule has 0 amide bonds. The van der Waals surface area contributed by atoms with Gasteiger partial charge in [-0.3, -0.25) is 14.9 Å². The molecule has 0 saturated carbocycles. The van der Waals surface area contributed by atoms with E-state index in [0.717, 1.165) is 31.0 Å². The van der Waals surface area contributed by atoms with Gasteiger partial charge in [0, 0.05) is 38.1 Å². The van der Waals surface area contributed by atoms with Crippen LogP contribution in [0.4, 0.5) is 0 Å². The van der Waals surface area contributed by atoms with Crippen LogP contribution in [0.15, 0.2) is 42.7 Å². The lowest BCUT2D eigenvalue weighted by Gasteiger charge is -2.17. The van der Waals surface area contributed by atoms with E-state index in [0.29, 0.717) is 6.04 Å².